The van der Waals surface area contributed by atoms with Crippen molar-refractivity contribution in [3.63, 3.8) is 0 Å². The molecule has 0 fully saturated rings. The highest BCUT2D eigenvalue weighted by Gasteiger charge is 2.24. The molecule has 0 spiro atoms. The van der Waals surface area contributed by atoms with Gasteiger partial charge in [-0.25, -0.2) is 4.79 Å². The van der Waals surface area contributed by atoms with Crippen molar-refractivity contribution in [1.29, 1.82) is 0 Å². The quantitative estimate of drug-likeness (QED) is 0.665. The molecule has 0 radical (unpaired) electrons. The lowest BCUT2D eigenvalue weighted by Crippen LogP contribution is -2.37. The number of esters is 1. The van der Waals surface area contributed by atoms with Crippen LogP contribution in [-0.4, -0.2) is 24.5 Å². The molecule has 1 N–H and O–H groups in total. The molecule has 27 heavy (non-hydrogen) atoms. The molecule has 0 saturated carbocycles. The Kier molecular flexibility index (Phi) is 5.60. The maximum absolute atomic E-state index is 12.4. The molecule has 0 bridgehead atoms. The Morgan fingerprint density at radius 3 is 2.41 bits per heavy atom. The first-order valence-corrected chi connectivity index (χ1v) is 8.99. The third-order valence-electron chi connectivity index (χ3n) is 4.63. The Hall–Kier alpha value is -3.08. The summed E-state index contributed by atoms with van der Waals surface area (Å²) in [6.45, 7) is 5.85. The monoisotopic (exact) mass is 365 g/mol. The van der Waals surface area contributed by atoms with Crippen LogP contribution in [0.4, 0.5) is 0 Å². The lowest BCUT2D eigenvalue weighted by Gasteiger charge is -2.16. The zero-order valence-electron chi connectivity index (χ0n) is 15.7. The van der Waals surface area contributed by atoms with Crippen molar-refractivity contribution in [2.75, 3.05) is 6.54 Å². The number of para-hydroxylation sites is 1. The number of nitrogens with one attached hydrogen (secondary N) is 1. The van der Waals surface area contributed by atoms with Crippen molar-refractivity contribution < 1.29 is 18.7 Å². The molecule has 2 aromatic carbocycles. The van der Waals surface area contributed by atoms with E-state index < -0.39 is 12.1 Å². The van der Waals surface area contributed by atoms with Crippen LogP contribution in [0.3, 0.4) is 0 Å². The molecular weight excluding hydrogens is 342 g/mol. The Bertz CT molecular complexity index is 945. The molecule has 3 aromatic rings. The summed E-state index contributed by atoms with van der Waals surface area (Å²) < 4.78 is 10.9. The van der Waals surface area contributed by atoms with Gasteiger partial charge in [-0.3, -0.25) is 4.79 Å². The largest absolute Gasteiger partial charge is 0.449 e. The highest BCUT2D eigenvalue weighted by molar-refractivity contribution is 5.97. The molecule has 1 amide bonds. The molecule has 140 valence electrons. The van der Waals surface area contributed by atoms with E-state index >= 15 is 0 Å². The molecule has 0 aliphatic heterocycles. The van der Waals surface area contributed by atoms with Crippen molar-refractivity contribution >= 4 is 22.8 Å². The second-order valence-electron chi connectivity index (χ2n) is 6.66. The van der Waals surface area contributed by atoms with Crippen molar-refractivity contribution in [3.05, 3.63) is 71.5 Å². The van der Waals surface area contributed by atoms with Gasteiger partial charge < -0.3 is 14.5 Å². The summed E-state index contributed by atoms with van der Waals surface area (Å²) >= 11 is 0. The lowest BCUT2D eigenvalue weighted by molar-refractivity contribution is -0.129. The van der Waals surface area contributed by atoms with E-state index in [1.165, 1.54) is 0 Å². The molecule has 0 unspecified atom stereocenters. The average molecular weight is 365 g/mol. The van der Waals surface area contributed by atoms with Crippen LogP contribution >= 0.6 is 0 Å². The van der Waals surface area contributed by atoms with Gasteiger partial charge in [0.05, 0.1) is 0 Å². The van der Waals surface area contributed by atoms with E-state index in [0.717, 1.165) is 10.9 Å². The number of benzene rings is 2. The smallest absolute Gasteiger partial charge is 0.375 e. The van der Waals surface area contributed by atoms with Crippen LogP contribution in [0, 0.1) is 6.92 Å². The van der Waals surface area contributed by atoms with Crippen LogP contribution in [0.5, 0.6) is 0 Å². The van der Waals surface area contributed by atoms with E-state index in [0.29, 0.717) is 17.7 Å². The van der Waals surface area contributed by atoms with Crippen molar-refractivity contribution in [2.24, 2.45) is 0 Å². The summed E-state index contributed by atoms with van der Waals surface area (Å²) in [7, 11) is 0. The van der Waals surface area contributed by atoms with Crippen LogP contribution in [0.2, 0.25) is 0 Å². The van der Waals surface area contributed by atoms with Crippen molar-refractivity contribution in [1.82, 2.24) is 5.32 Å². The van der Waals surface area contributed by atoms with E-state index in [1.807, 2.05) is 55.5 Å². The minimum atomic E-state index is -0.909. The van der Waals surface area contributed by atoms with Gasteiger partial charge in [0.25, 0.3) is 5.91 Å². The Morgan fingerprint density at radius 2 is 1.70 bits per heavy atom. The fourth-order valence-electron chi connectivity index (χ4n) is 2.93. The molecule has 0 aliphatic carbocycles. The van der Waals surface area contributed by atoms with Gasteiger partial charge in [-0.05, 0) is 31.4 Å². The predicted octanol–water partition coefficient (Wildman–Crippen LogP) is 4.21. The van der Waals surface area contributed by atoms with Crippen LogP contribution in [-0.2, 0) is 9.53 Å². The molecule has 5 nitrogen and oxygen atoms in total. The fourth-order valence-corrected chi connectivity index (χ4v) is 2.93. The van der Waals surface area contributed by atoms with Crippen LogP contribution < -0.4 is 5.32 Å². The number of hydrogen-bond donors (Lipinski definition) is 1. The number of aryl methyl sites for hydroxylation is 1. The van der Waals surface area contributed by atoms with Gasteiger partial charge in [-0.1, -0.05) is 55.5 Å². The minimum absolute atomic E-state index is 0.133. The van der Waals surface area contributed by atoms with Gasteiger partial charge >= 0.3 is 5.97 Å². The third-order valence-corrected chi connectivity index (χ3v) is 4.63. The van der Waals surface area contributed by atoms with E-state index in [2.05, 4.69) is 5.32 Å². The minimum Gasteiger partial charge on any atom is -0.449 e. The summed E-state index contributed by atoms with van der Waals surface area (Å²) in [6.07, 6.45) is -0.909. The summed E-state index contributed by atoms with van der Waals surface area (Å²) in [5.41, 5.74) is 2.47. The normalized spacial score (nSPS) is 13.1. The topological polar surface area (TPSA) is 68.5 Å². The van der Waals surface area contributed by atoms with Crippen molar-refractivity contribution in [3.8, 4) is 0 Å². The number of ether oxygens (including phenoxy) is 1. The van der Waals surface area contributed by atoms with Gasteiger partial charge in [0.2, 0.25) is 5.76 Å². The second-order valence-corrected chi connectivity index (χ2v) is 6.66. The maximum atomic E-state index is 12.4. The molecule has 1 aromatic heterocycles. The molecule has 0 aliphatic rings. The number of fused-ring (bicyclic) bond motifs is 1. The number of amides is 1. The highest BCUT2D eigenvalue weighted by Crippen LogP contribution is 2.25. The Labute approximate surface area is 158 Å². The van der Waals surface area contributed by atoms with Crippen LogP contribution in [0.25, 0.3) is 11.0 Å². The van der Waals surface area contributed by atoms with E-state index in [1.54, 1.807) is 19.9 Å². The number of hydrogen-bond acceptors (Lipinski definition) is 4. The van der Waals surface area contributed by atoms with E-state index in [-0.39, 0.29) is 17.6 Å². The van der Waals surface area contributed by atoms with Gasteiger partial charge in [-0.15, -0.1) is 0 Å². The van der Waals surface area contributed by atoms with E-state index in [9.17, 15) is 9.59 Å². The SMILES string of the molecule is Cc1c(C(=O)O[C@H](C)C(=O)NC[C@@H](C)c2ccccc2)oc2ccccc12. The van der Waals surface area contributed by atoms with E-state index in [4.69, 9.17) is 9.15 Å². The van der Waals surface area contributed by atoms with Crippen LogP contribution in [0.1, 0.15) is 41.4 Å². The Morgan fingerprint density at radius 1 is 1.04 bits per heavy atom. The lowest BCUT2D eigenvalue weighted by atomic mass is 10.0. The van der Waals surface area contributed by atoms with Crippen molar-refractivity contribution in [2.45, 2.75) is 32.8 Å². The molecule has 2 atom stereocenters. The van der Waals surface area contributed by atoms with Crippen LogP contribution in [0.15, 0.2) is 59.0 Å². The number of carbonyl (C=O) groups excluding carboxylic acids is 2. The average Bonchev–Trinajstić information content (AvgIpc) is 3.03. The number of rotatable bonds is 6. The molecular formula is C22H23NO4. The highest BCUT2D eigenvalue weighted by atomic mass is 16.6. The molecule has 3 rings (SSSR count). The second kappa shape index (κ2) is 8.08. The van der Waals surface area contributed by atoms with Gasteiger partial charge in [0, 0.05) is 17.5 Å². The number of furan rings is 1. The maximum Gasteiger partial charge on any atom is 0.375 e. The standard InChI is InChI=1S/C22H23NO4/c1-14(17-9-5-4-6-10-17)13-23-21(24)16(3)26-22(25)20-15(2)18-11-7-8-12-19(18)27-20/h4-12,14,16H,13H2,1-3H3,(H,23,24)/t14-,16-/m1/s1. The predicted molar refractivity (Wildman–Crippen MR) is 104 cm³/mol. The van der Waals surface area contributed by atoms with Gasteiger partial charge in [0.1, 0.15) is 5.58 Å². The zero-order chi connectivity index (χ0) is 19.4. The summed E-state index contributed by atoms with van der Waals surface area (Å²) in [5, 5.41) is 3.69. The third kappa shape index (κ3) is 4.19. The number of carbonyl (C=O) groups is 2. The summed E-state index contributed by atoms with van der Waals surface area (Å²) in [6, 6.07) is 17.3. The molecule has 5 heteroatoms. The first kappa shape index (κ1) is 18.7. The van der Waals surface area contributed by atoms with Gasteiger partial charge in [-0.2, -0.15) is 0 Å². The van der Waals surface area contributed by atoms with Gasteiger partial charge in [0.15, 0.2) is 6.10 Å². The summed E-state index contributed by atoms with van der Waals surface area (Å²) in [5.74, 6) is -0.675. The summed E-state index contributed by atoms with van der Waals surface area (Å²) in [4.78, 5) is 24.7. The fraction of sp³-hybridized carbons (Fsp3) is 0.273. The Balaban J connectivity index is 1.58. The molecule has 0 saturated heterocycles. The zero-order valence-corrected chi connectivity index (χ0v) is 15.7. The first-order valence-electron chi connectivity index (χ1n) is 8.99. The molecule has 1 heterocycles. The first-order chi connectivity index (χ1) is 13.0.